The van der Waals surface area contributed by atoms with Gasteiger partial charge in [-0.3, -0.25) is 9.59 Å². The molecule has 3 N–H and O–H groups in total. The maximum atomic E-state index is 12.6. The van der Waals surface area contributed by atoms with Crippen molar-refractivity contribution in [1.29, 1.82) is 0 Å². The van der Waals surface area contributed by atoms with E-state index in [9.17, 15) is 14.7 Å². The summed E-state index contributed by atoms with van der Waals surface area (Å²) in [6.07, 6.45) is -0.166. The van der Waals surface area contributed by atoms with Crippen LogP contribution in [0.5, 0.6) is 0 Å². The summed E-state index contributed by atoms with van der Waals surface area (Å²) in [4.78, 5) is 29.5. The minimum Gasteiger partial charge on any atom is -0.461 e. The first kappa shape index (κ1) is 25.3. The number of carbonyl (C=O) groups is 2. The molecule has 1 aromatic heterocycles. The Bertz CT molecular complexity index is 937. The number of rotatable bonds is 8. The van der Waals surface area contributed by atoms with E-state index in [1.54, 1.807) is 44.4 Å². The van der Waals surface area contributed by atoms with Crippen LogP contribution in [0.15, 0.2) is 36.2 Å². The van der Waals surface area contributed by atoms with Gasteiger partial charge >= 0.3 is 11.9 Å². The van der Waals surface area contributed by atoms with Gasteiger partial charge in [-0.25, -0.2) is 4.98 Å². The van der Waals surface area contributed by atoms with Crippen LogP contribution in [-0.4, -0.2) is 40.3 Å². The molecule has 3 atom stereocenters. The van der Waals surface area contributed by atoms with Gasteiger partial charge in [0.1, 0.15) is 35.3 Å². The van der Waals surface area contributed by atoms with Crippen LogP contribution in [-0.2, 0) is 19.1 Å². The van der Waals surface area contributed by atoms with Gasteiger partial charge in [-0.2, -0.15) is 0 Å². The fourth-order valence-electron chi connectivity index (χ4n) is 2.66. The molecule has 1 aromatic carbocycles. The first-order chi connectivity index (χ1) is 14.5. The topological polar surface area (TPSA) is 112 Å². The lowest BCUT2D eigenvalue weighted by Crippen LogP contribution is -2.48. The van der Waals surface area contributed by atoms with Crippen LogP contribution in [0.2, 0.25) is 10.0 Å². The number of hydrogen-bond donors (Lipinski definition) is 2. The van der Waals surface area contributed by atoms with Gasteiger partial charge in [0.15, 0.2) is 0 Å². The van der Waals surface area contributed by atoms with Crippen LogP contribution in [0, 0.1) is 5.92 Å². The summed E-state index contributed by atoms with van der Waals surface area (Å²) in [5, 5.41) is 13.5. The van der Waals surface area contributed by atoms with E-state index in [4.69, 9.17) is 38.4 Å². The zero-order chi connectivity index (χ0) is 23.3. The standard InChI is InChI=1S/C21H24Cl2N2O5S/c1-5-9-29-19(27)15(16(24)20(28)30-21(2,3)4)17(26)18-25-13(10-31-18)14-11(22)7-6-8-12(14)23/h5-8,10,15-17,26H,1,9,24H2,2-4H3. The van der Waals surface area contributed by atoms with E-state index in [-0.39, 0.29) is 11.6 Å². The van der Waals surface area contributed by atoms with Crippen molar-refractivity contribution in [3.63, 3.8) is 0 Å². The molecule has 168 valence electrons. The molecule has 0 spiro atoms. The Balaban J connectivity index is 2.38. The molecule has 0 aliphatic carbocycles. The van der Waals surface area contributed by atoms with Crippen LogP contribution in [0.4, 0.5) is 0 Å². The Labute approximate surface area is 194 Å². The normalized spacial score (nSPS) is 14.4. The summed E-state index contributed by atoms with van der Waals surface area (Å²) in [6.45, 7) is 8.37. The van der Waals surface area contributed by atoms with Gasteiger partial charge in [-0.15, -0.1) is 11.3 Å². The Morgan fingerprint density at radius 2 is 1.90 bits per heavy atom. The van der Waals surface area contributed by atoms with Gasteiger partial charge < -0.3 is 20.3 Å². The van der Waals surface area contributed by atoms with Gasteiger partial charge in [-0.1, -0.05) is 41.9 Å². The Morgan fingerprint density at radius 1 is 1.29 bits per heavy atom. The number of aliphatic hydroxyl groups excluding tert-OH is 1. The van der Waals surface area contributed by atoms with Gasteiger partial charge in [0.25, 0.3) is 0 Å². The van der Waals surface area contributed by atoms with Crippen molar-refractivity contribution in [1.82, 2.24) is 4.98 Å². The summed E-state index contributed by atoms with van der Waals surface area (Å²) in [5.74, 6) is -3.17. The van der Waals surface area contributed by atoms with Crippen LogP contribution >= 0.6 is 34.5 Å². The summed E-state index contributed by atoms with van der Waals surface area (Å²) in [7, 11) is 0. The summed E-state index contributed by atoms with van der Waals surface area (Å²) in [5.41, 5.74) is 6.09. The van der Waals surface area contributed by atoms with Crippen molar-refractivity contribution in [3.05, 3.63) is 51.3 Å². The maximum absolute atomic E-state index is 12.6. The molecular formula is C21H24Cl2N2O5S. The molecule has 10 heteroatoms. The second kappa shape index (κ2) is 10.6. The van der Waals surface area contributed by atoms with E-state index in [1.807, 2.05) is 0 Å². The number of hydrogen-bond acceptors (Lipinski definition) is 8. The molecule has 0 aliphatic heterocycles. The maximum Gasteiger partial charge on any atom is 0.324 e. The molecule has 1 heterocycles. The number of aromatic nitrogens is 1. The highest BCUT2D eigenvalue weighted by molar-refractivity contribution is 7.10. The van der Waals surface area contributed by atoms with Gasteiger partial charge in [0.2, 0.25) is 0 Å². The lowest BCUT2D eigenvalue weighted by molar-refractivity contribution is -0.167. The first-order valence-corrected chi connectivity index (χ1v) is 10.9. The molecule has 3 unspecified atom stereocenters. The van der Waals surface area contributed by atoms with Crippen LogP contribution in [0.3, 0.4) is 0 Å². The van der Waals surface area contributed by atoms with Crippen molar-refractivity contribution >= 4 is 46.5 Å². The highest BCUT2D eigenvalue weighted by atomic mass is 35.5. The molecule has 0 bridgehead atoms. The second-order valence-electron chi connectivity index (χ2n) is 7.62. The summed E-state index contributed by atoms with van der Waals surface area (Å²) < 4.78 is 10.3. The van der Waals surface area contributed by atoms with E-state index < -0.39 is 35.6 Å². The molecule has 0 saturated carbocycles. The number of ether oxygens (including phenoxy) is 2. The van der Waals surface area contributed by atoms with E-state index in [0.717, 1.165) is 11.3 Å². The van der Waals surface area contributed by atoms with Gasteiger partial charge in [-0.05, 0) is 32.9 Å². The first-order valence-electron chi connectivity index (χ1n) is 9.30. The minimum atomic E-state index is -1.53. The molecule has 0 fully saturated rings. The Kier molecular flexibility index (Phi) is 8.62. The minimum absolute atomic E-state index is 0.110. The molecule has 0 saturated heterocycles. The van der Waals surface area contributed by atoms with E-state index in [2.05, 4.69) is 11.6 Å². The van der Waals surface area contributed by atoms with Crippen molar-refractivity contribution in [3.8, 4) is 11.3 Å². The predicted molar refractivity (Wildman–Crippen MR) is 121 cm³/mol. The smallest absolute Gasteiger partial charge is 0.324 e. The summed E-state index contributed by atoms with van der Waals surface area (Å²) in [6, 6.07) is 3.53. The van der Waals surface area contributed by atoms with Crippen molar-refractivity contribution in [2.24, 2.45) is 11.7 Å². The fourth-order valence-corrected chi connectivity index (χ4v) is 4.09. The molecule has 0 radical (unpaired) electrons. The van der Waals surface area contributed by atoms with Crippen LogP contribution in [0.1, 0.15) is 31.9 Å². The molecule has 2 rings (SSSR count). The zero-order valence-corrected chi connectivity index (χ0v) is 19.6. The van der Waals surface area contributed by atoms with E-state index in [0.29, 0.717) is 21.3 Å². The molecule has 0 aliphatic rings. The second-order valence-corrected chi connectivity index (χ2v) is 9.32. The van der Waals surface area contributed by atoms with Crippen LogP contribution < -0.4 is 5.73 Å². The quantitative estimate of drug-likeness (QED) is 0.425. The molecule has 2 aromatic rings. The van der Waals surface area contributed by atoms with E-state index in [1.165, 1.54) is 6.08 Å². The van der Waals surface area contributed by atoms with Gasteiger partial charge in [0, 0.05) is 10.9 Å². The lowest BCUT2D eigenvalue weighted by Gasteiger charge is -2.27. The highest BCUT2D eigenvalue weighted by Gasteiger charge is 2.42. The SMILES string of the molecule is C=CCOC(=O)C(C(N)C(=O)OC(C)(C)C)C(O)c1nc(-c2c(Cl)cccc2Cl)cs1. The highest BCUT2D eigenvalue weighted by Crippen LogP contribution is 2.37. The number of aliphatic hydroxyl groups is 1. The summed E-state index contributed by atoms with van der Waals surface area (Å²) >= 11 is 13.5. The average Bonchev–Trinajstić information content (AvgIpc) is 3.14. The zero-order valence-electron chi connectivity index (χ0n) is 17.3. The van der Waals surface area contributed by atoms with E-state index >= 15 is 0 Å². The van der Waals surface area contributed by atoms with Crippen molar-refractivity contribution < 1.29 is 24.2 Å². The van der Waals surface area contributed by atoms with Crippen LogP contribution in [0.25, 0.3) is 11.3 Å². The van der Waals surface area contributed by atoms with Crippen molar-refractivity contribution in [2.45, 2.75) is 38.5 Å². The number of benzene rings is 1. The Morgan fingerprint density at radius 3 is 2.45 bits per heavy atom. The average molecular weight is 487 g/mol. The molecule has 0 amide bonds. The van der Waals surface area contributed by atoms with Gasteiger partial charge in [0.05, 0.1) is 15.7 Å². The molecule has 7 nitrogen and oxygen atoms in total. The monoisotopic (exact) mass is 486 g/mol. The third kappa shape index (κ3) is 6.51. The number of halogens is 2. The van der Waals surface area contributed by atoms with Crippen molar-refractivity contribution in [2.75, 3.05) is 6.61 Å². The fraction of sp³-hybridized carbons (Fsp3) is 0.381. The predicted octanol–water partition coefficient (Wildman–Crippen LogP) is 4.16. The molecule has 31 heavy (non-hydrogen) atoms. The number of nitrogens with zero attached hydrogens (tertiary/aromatic N) is 1. The molecular weight excluding hydrogens is 463 g/mol. The number of nitrogens with two attached hydrogens (primary N) is 1. The lowest BCUT2D eigenvalue weighted by atomic mass is 9.94. The number of carbonyl (C=O) groups excluding carboxylic acids is 2. The third-order valence-electron chi connectivity index (χ3n) is 4.02. The number of thiazole rings is 1. The largest absolute Gasteiger partial charge is 0.461 e. The third-order valence-corrected chi connectivity index (χ3v) is 5.56. The Hall–Kier alpha value is -1.97. The number of esters is 2.